The highest BCUT2D eigenvalue weighted by atomic mass is 19.4. The molecule has 8 heteroatoms. The maximum Gasteiger partial charge on any atom is 0.419 e. The molecule has 0 spiro atoms. The van der Waals surface area contributed by atoms with Crippen LogP contribution in [-0.2, 0) is 11.0 Å². The van der Waals surface area contributed by atoms with Crippen molar-refractivity contribution in [1.82, 2.24) is 10.3 Å². The smallest absolute Gasteiger partial charge is 0.419 e. The van der Waals surface area contributed by atoms with Crippen molar-refractivity contribution in [3.05, 3.63) is 53.7 Å². The Morgan fingerprint density at radius 1 is 1.30 bits per heavy atom. The molecule has 1 N–H and O–H groups in total. The SMILES string of the molecule is CCOc1ccc(C(C)NC(=O)C2CCCN(c3ncccc3C(F)(F)F)C2)cc1. The van der Waals surface area contributed by atoms with Crippen molar-refractivity contribution < 1.29 is 22.7 Å². The molecule has 2 unspecified atom stereocenters. The Morgan fingerprint density at radius 3 is 2.70 bits per heavy atom. The number of amides is 1. The lowest BCUT2D eigenvalue weighted by Gasteiger charge is -2.34. The molecule has 2 atom stereocenters. The van der Waals surface area contributed by atoms with E-state index in [9.17, 15) is 18.0 Å². The van der Waals surface area contributed by atoms with E-state index in [2.05, 4.69) is 10.3 Å². The van der Waals surface area contributed by atoms with Gasteiger partial charge in [-0.05, 0) is 56.5 Å². The van der Waals surface area contributed by atoms with Gasteiger partial charge in [0.1, 0.15) is 11.6 Å². The van der Waals surface area contributed by atoms with Gasteiger partial charge in [-0.1, -0.05) is 12.1 Å². The van der Waals surface area contributed by atoms with Crippen LogP contribution in [-0.4, -0.2) is 30.6 Å². The summed E-state index contributed by atoms with van der Waals surface area (Å²) in [4.78, 5) is 18.3. The molecule has 1 aromatic carbocycles. The van der Waals surface area contributed by atoms with Crippen LogP contribution in [0.1, 0.15) is 43.9 Å². The van der Waals surface area contributed by atoms with Crippen LogP contribution in [0.3, 0.4) is 0 Å². The number of aromatic nitrogens is 1. The molecule has 1 aliphatic heterocycles. The van der Waals surface area contributed by atoms with E-state index in [1.807, 2.05) is 38.1 Å². The maximum absolute atomic E-state index is 13.3. The summed E-state index contributed by atoms with van der Waals surface area (Å²) in [6, 6.07) is 9.58. The van der Waals surface area contributed by atoms with E-state index in [-0.39, 0.29) is 24.3 Å². The summed E-state index contributed by atoms with van der Waals surface area (Å²) in [5.74, 6) is 0.0955. The molecule has 1 aromatic heterocycles. The van der Waals surface area contributed by atoms with Crippen molar-refractivity contribution in [2.24, 2.45) is 5.92 Å². The quantitative estimate of drug-likeness (QED) is 0.741. The van der Waals surface area contributed by atoms with E-state index in [1.165, 1.54) is 12.3 Å². The third-order valence-corrected chi connectivity index (χ3v) is 5.23. The first-order valence-corrected chi connectivity index (χ1v) is 10.1. The molecule has 0 aliphatic carbocycles. The fourth-order valence-electron chi connectivity index (χ4n) is 3.69. The largest absolute Gasteiger partial charge is 0.494 e. The highest BCUT2D eigenvalue weighted by molar-refractivity contribution is 5.80. The molecule has 2 aromatic rings. The number of nitrogens with one attached hydrogen (secondary N) is 1. The first kappa shape index (κ1) is 21.9. The van der Waals surface area contributed by atoms with Gasteiger partial charge in [0.15, 0.2) is 0 Å². The third kappa shape index (κ3) is 5.23. The normalized spacial score (nSPS) is 18.0. The number of rotatable bonds is 6. The van der Waals surface area contributed by atoms with Gasteiger partial charge in [0, 0.05) is 19.3 Å². The lowest BCUT2D eigenvalue weighted by Crippen LogP contribution is -2.44. The first-order chi connectivity index (χ1) is 14.3. The second-order valence-corrected chi connectivity index (χ2v) is 7.39. The van der Waals surface area contributed by atoms with E-state index in [4.69, 9.17) is 4.74 Å². The van der Waals surface area contributed by atoms with Gasteiger partial charge in [-0.3, -0.25) is 4.79 Å². The van der Waals surface area contributed by atoms with Gasteiger partial charge in [-0.15, -0.1) is 0 Å². The van der Waals surface area contributed by atoms with Crippen LogP contribution in [0.15, 0.2) is 42.6 Å². The molecule has 30 heavy (non-hydrogen) atoms. The number of nitrogens with zero attached hydrogens (tertiary/aromatic N) is 2. The summed E-state index contributed by atoms with van der Waals surface area (Å²) in [6.07, 6.45) is -1.88. The van der Waals surface area contributed by atoms with Gasteiger partial charge in [0.25, 0.3) is 0 Å². The van der Waals surface area contributed by atoms with Crippen LogP contribution in [0.4, 0.5) is 19.0 Å². The molecule has 3 rings (SSSR count). The summed E-state index contributed by atoms with van der Waals surface area (Å²) < 4.78 is 45.4. The fraction of sp³-hybridized carbons (Fsp3) is 0.455. The maximum atomic E-state index is 13.3. The van der Waals surface area contributed by atoms with Crippen molar-refractivity contribution in [1.29, 1.82) is 0 Å². The average Bonchev–Trinajstić information content (AvgIpc) is 2.74. The highest BCUT2D eigenvalue weighted by Gasteiger charge is 2.37. The Kier molecular flexibility index (Phi) is 6.84. The molecule has 2 heterocycles. The molecular weight excluding hydrogens is 395 g/mol. The molecular formula is C22H26F3N3O2. The Hall–Kier alpha value is -2.77. The van der Waals surface area contributed by atoms with E-state index in [0.29, 0.717) is 26.0 Å². The third-order valence-electron chi connectivity index (χ3n) is 5.23. The summed E-state index contributed by atoms with van der Waals surface area (Å²) in [5.41, 5.74) is 0.164. The van der Waals surface area contributed by atoms with Crippen molar-refractivity contribution in [2.45, 2.75) is 38.9 Å². The molecule has 0 bridgehead atoms. The Bertz CT molecular complexity index is 855. The van der Waals surface area contributed by atoms with E-state index < -0.39 is 17.7 Å². The van der Waals surface area contributed by atoms with Crippen LogP contribution in [0, 0.1) is 5.92 Å². The predicted octanol–water partition coefficient (Wildman–Crippen LogP) is 4.59. The van der Waals surface area contributed by atoms with Crippen molar-refractivity contribution >= 4 is 11.7 Å². The minimum atomic E-state index is -4.49. The number of anilines is 1. The van der Waals surface area contributed by atoms with Gasteiger partial charge in [0.2, 0.25) is 5.91 Å². The highest BCUT2D eigenvalue weighted by Crippen LogP contribution is 2.36. The number of halogens is 3. The second kappa shape index (κ2) is 9.36. The number of pyridine rings is 1. The lowest BCUT2D eigenvalue weighted by molar-refractivity contribution is -0.137. The van der Waals surface area contributed by atoms with Crippen LogP contribution in [0.5, 0.6) is 5.75 Å². The molecule has 1 saturated heterocycles. The zero-order valence-corrected chi connectivity index (χ0v) is 17.1. The van der Waals surface area contributed by atoms with Gasteiger partial charge in [-0.25, -0.2) is 4.98 Å². The average molecular weight is 421 g/mol. The number of ether oxygens (including phenoxy) is 1. The fourth-order valence-corrected chi connectivity index (χ4v) is 3.69. The van der Waals surface area contributed by atoms with Crippen molar-refractivity contribution in [3.8, 4) is 5.75 Å². The minimum absolute atomic E-state index is 0.109. The minimum Gasteiger partial charge on any atom is -0.494 e. The monoisotopic (exact) mass is 421 g/mol. The standard InChI is InChI=1S/C22H26F3N3O2/c1-3-30-18-10-8-16(9-11-18)15(2)27-21(29)17-6-5-13-28(14-17)20-19(22(23,24)25)7-4-12-26-20/h4,7-12,15,17H,3,5-6,13-14H2,1-2H3,(H,27,29). The Balaban J connectivity index is 1.66. The summed E-state index contributed by atoms with van der Waals surface area (Å²) >= 11 is 0. The summed E-state index contributed by atoms with van der Waals surface area (Å²) in [7, 11) is 0. The molecule has 0 saturated carbocycles. The van der Waals surface area contributed by atoms with Crippen molar-refractivity contribution in [3.63, 3.8) is 0 Å². The van der Waals surface area contributed by atoms with Crippen LogP contribution in [0.2, 0.25) is 0 Å². The first-order valence-electron chi connectivity index (χ1n) is 10.1. The summed E-state index contributed by atoms with van der Waals surface area (Å²) in [6.45, 7) is 5.03. The Labute approximate surface area is 174 Å². The van der Waals surface area contributed by atoms with Gasteiger partial charge >= 0.3 is 6.18 Å². The lowest BCUT2D eigenvalue weighted by atomic mass is 9.96. The molecule has 1 amide bonds. The number of piperidine rings is 1. The predicted molar refractivity (Wildman–Crippen MR) is 108 cm³/mol. The van der Waals surface area contributed by atoms with Crippen LogP contribution in [0.25, 0.3) is 0 Å². The number of benzene rings is 1. The van der Waals surface area contributed by atoms with E-state index in [1.54, 1.807) is 4.90 Å². The van der Waals surface area contributed by atoms with Gasteiger partial charge < -0.3 is 15.0 Å². The topological polar surface area (TPSA) is 54.5 Å². The zero-order valence-electron chi connectivity index (χ0n) is 17.1. The number of carbonyl (C=O) groups is 1. The Morgan fingerprint density at radius 2 is 2.03 bits per heavy atom. The summed E-state index contributed by atoms with van der Waals surface area (Å²) in [5, 5.41) is 2.99. The number of alkyl halides is 3. The number of hydrogen-bond acceptors (Lipinski definition) is 4. The van der Waals surface area contributed by atoms with Crippen molar-refractivity contribution in [2.75, 3.05) is 24.6 Å². The van der Waals surface area contributed by atoms with Gasteiger partial charge in [0.05, 0.1) is 24.1 Å². The van der Waals surface area contributed by atoms with Crippen LogP contribution >= 0.6 is 0 Å². The zero-order chi connectivity index (χ0) is 21.7. The molecule has 162 valence electrons. The van der Waals surface area contributed by atoms with Gasteiger partial charge in [-0.2, -0.15) is 13.2 Å². The second-order valence-electron chi connectivity index (χ2n) is 7.39. The molecule has 5 nitrogen and oxygen atoms in total. The van der Waals surface area contributed by atoms with E-state index >= 15 is 0 Å². The van der Waals surface area contributed by atoms with E-state index in [0.717, 1.165) is 17.4 Å². The molecule has 0 radical (unpaired) electrons. The number of hydrogen-bond donors (Lipinski definition) is 1. The van der Waals surface area contributed by atoms with Crippen LogP contribution < -0.4 is 15.0 Å². The molecule has 1 aliphatic rings. The molecule has 1 fully saturated rings. The number of carbonyl (C=O) groups excluding carboxylic acids is 1.